The summed E-state index contributed by atoms with van der Waals surface area (Å²) in [6.45, 7) is 0.691. The molecule has 1 fully saturated rings. The Kier molecular flexibility index (Phi) is 4.70. The van der Waals surface area contributed by atoms with Crippen LogP contribution in [-0.2, 0) is 16.1 Å². The van der Waals surface area contributed by atoms with Gasteiger partial charge in [-0.1, -0.05) is 0 Å². The minimum absolute atomic E-state index is 0.0809. The van der Waals surface area contributed by atoms with Crippen LogP contribution in [0.25, 0.3) is 11.3 Å². The smallest absolute Gasteiger partial charge is 0.265 e. The van der Waals surface area contributed by atoms with Gasteiger partial charge in [0.25, 0.3) is 5.91 Å². The molecule has 4 N–H and O–H groups in total. The quantitative estimate of drug-likeness (QED) is 0.581. The summed E-state index contributed by atoms with van der Waals surface area (Å²) in [6.07, 6.45) is 3.34. The average molecular weight is 399 g/mol. The predicted molar refractivity (Wildman–Crippen MR) is 101 cm³/mol. The average Bonchev–Trinajstić information content (AvgIpc) is 3.42. The van der Waals surface area contributed by atoms with Crippen molar-refractivity contribution in [3.8, 4) is 11.3 Å². The maximum atomic E-state index is 12.5. The van der Waals surface area contributed by atoms with Gasteiger partial charge in [0, 0.05) is 30.1 Å². The molecule has 0 saturated carbocycles. The number of amides is 3. The highest BCUT2D eigenvalue weighted by molar-refractivity contribution is 7.14. The Morgan fingerprint density at radius 1 is 1.46 bits per heavy atom. The number of anilines is 1. The lowest BCUT2D eigenvalue weighted by atomic mass is 10.1. The zero-order valence-electron chi connectivity index (χ0n) is 14.7. The molecule has 4 rings (SSSR count). The molecule has 0 bridgehead atoms. The van der Waals surface area contributed by atoms with E-state index in [1.54, 1.807) is 40.9 Å². The monoisotopic (exact) mass is 399 g/mol. The number of thiazole rings is 1. The number of nitrogens with zero attached hydrogens (tertiary/aromatic N) is 2. The number of rotatable bonds is 6. The van der Waals surface area contributed by atoms with E-state index in [1.165, 1.54) is 11.3 Å². The molecule has 9 nitrogen and oxygen atoms in total. The molecule has 0 aliphatic carbocycles. The van der Waals surface area contributed by atoms with Crippen LogP contribution in [-0.4, -0.2) is 39.1 Å². The molecule has 3 aromatic heterocycles. The third-order valence-corrected chi connectivity index (χ3v) is 5.25. The van der Waals surface area contributed by atoms with Gasteiger partial charge < -0.3 is 25.4 Å². The lowest BCUT2D eigenvalue weighted by Gasteiger charge is -2.14. The molecule has 3 aromatic rings. The number of furan rings is 1. The van der Waals surface area contributed by atoms with Gasteiger partial charge in [0.15, 0.2) is 5.13 Å². The zero-order chi connectivity index (χ0) is 19.7. The normalized spacial score (nSPS) is 16.5. The number of hydrogen-bond acceptors (Lipinski definition) is 6. The minimum Gasteiger partial charge on any atom is -0.467 e. The number of H-pyrrole nitrogens is 1. The van der Waals surface area contributed by atoms with Crippen LogP contribution in [0.5, 0.6) is 0 Å². The van der Waals surface area contributed by atoms with Gasteiger partial charge in [0.2, 0.25) is 11.8 Å². The first kappa shape index (κ1) is 18.0. The molecular formula is C18H17N5O4S. The molecular weight excluding hydrogens is 382 g/mol. The third-order valence-electron chi connectivity index (χ3n) is 4.49. The molecule has 0 aromatic carbocycles. The molecule has 28 heavy (non-hydrogen) atoms. The Morgan fingerprint density at radius 3 is 3.04 bits per heavy atom. The maximum Gasteiger partial charge on any atom is 0.265 e. The molecule has 1 aliphatic rings. The number of nitrogens with two attached hydrogens (primary N) is 1. The van der Waals surface area contributed by atoms with E-state index in [4.69, 9.17) is 10.2 Å². The Balaban J connectivity index is 1.38. The first-order chi connectivity index (χ1) is 13.5. The number of aromatic nitrogens is 2. The summed E-state index contributed by atoms with van der Waals surface area (Å²) in [5, 5.41) is 4.97. The fraction of sp³-hybridized carbons (Fsp3) is 0.222. The van der Waals surface area contributed by atoms with Crippen molar-refractivity contribution in [2.45, 2.75) is 13.0 Å². The fourth-order valence-electron chi connectivity index (χ4n) is 3.05. The van der Waals surface area contributed by atoms with Crippen LogP contribution in [0.1, 0.15) is 22.7 Å². The predicted octanol–water partition coefficient (Wildman–Crippen LogP) is 1.82. The third kappa shape index (κ3) is 3.67. The summed E-state index contributed by atoms with van der Waals surface area (Å²) in [5.74, 6) is -0.643. The van der Waals surface area contributed by atoms with E-state index in [-0.39, 0.29) is 23.9 Å². The number of primary amides is 1. The SMILES string of the molecule is NC(=O)c1cc(-c2csc(NC(=O)C3CC(=O)N(Cc4ccco4)C3)n2)c[nH]1. The van der Waals surface area contributed by atoms with Crippen molar-refractivity contribution in [1.29, 1.82) is 0 Å². The van der Waals surface area contributed by atoms with Gasteiger partial charge in [0.05, 0.1) is 24.4 Å². The van der Waals surface area contributed by atoms with Crippen molar-refractivity contribution < 1.29 is 18.8 Å². The van der Waals surface area contributed by atoms with Crippen molar-refractivity contribution in [2.75, 3.05) is 11.9 Å². The molecule has 1 aliphatic heterocycles. The molecule has 1 unspecified atom stereocenters. The van der Waals surface area contributed by atoms with Crippen molar-refractivity contribution >= 4 is 34.2 Å². The summed E-state index contributed by atoms with van der Waals surface area (Å²) >= 11 is 1.27. The number of carbonyl (C=O) groups excluding carboxylic acids is 3. The van der Waals surface area contributed by atoms with Crippen LogP contribution in [0.2, 0.25) is 0 Å². The van der Waals surface area contributed by atoms with Crippen LogP contribution in [0, 0.1) is 5.92 Å². The van der Waals surface area contributed by atoms with Crippen LogP contribution in [0.4, 0.5) is 5.13 Å². The van der Waals surface area contributed by atoms with E-state index in [0.717, 1.165) is 0 Å². The van der Waals surface area contributed by atoms with Crippen molar-refractivity contribution in [3.05, 3.63) is 47.5 Å². The number of carbonyl (C=O) groups is 3. The lowest BCUT2D eigenvalue weighted by Crippen LogP contribution is -2.27. The van der Waals surface area contributed by atoms with E-state index < -0.39 is 11.8 Å². The molecule has 1 saturated heterocycles. The second-order valence-electron chi connectivity index (χ2n) is 6.45. The van der Waals surface area contributed by atoms with Gasteiger partial charge in [-0.05, 0) is 18.2 Å². The topological polar surface area (TPSA) is 134 Å². The Bertz CT molecular complexity index is 1020. The van der Waals surface area contributed by atoms with Gasteiger partial charge in [-0.15, -0.1) is 11.3 Å². The van der Waals surface area contributed by atoms with Crippen LogP contribution >= 0.6 is 11.3 Å². The van der Waals surface area contributed by atoms with Crippen LogP contribution in [0.15, 0.2) is 40.5 Å². The highest BCUT2D eigenvalue weighted by Crippen LogP contribution is 2.27. The highest BCUT2D eigenvalue weighted by atomic mass is 32.1. The molecule has 1 atom stereocenters. The summed E-state index contributed by atoms with van der Waals surface area (Å²) < 4.78 is 5.26. The summed E-state index contributed by atoms with van der Waals surface area (Å²) in [5.41, 5.74) is 6.83. The van der Waals surface area contributed by atoms with E-state index in [9.17, 15) is 14.4 Å². The number of aromatic amines is 1. The zero-order valence-corrected chi connectivity index (χ0v) is 15.5. The van der Waals surface area contributed by atoms with E-state index in [0.29, 0.717) is 35.2 Å². The number of nitrogens with one attached hydrogen (secondary N) is 2. The van der Waals surface area contributed by atoms with Crippen LogP contribution in [0.3, 0.4) is 0 Å². The van der Waals surface area contributed by atoms with Crippen molar-refractivity contribution in [1.82, 2.24) is 14.9 Å². The molecule has 0 radical (unpaired) electrons. The van der Waals surface area contributed by atoms with Crippen molar-refractivity contribution in [2.24, 2.45) is 11.7 Å². The fourth-order valence-corrected chi connectivity index (χ4v) is 3.77. The van der Waals surface area contributed by atoms with Gasteiger partial charge in [-0.3, -0.25) is 14.4 Å². The lowest BCUT2D eigenvalue weighted by molar-refractivity contribution is -0.128. The van der Waals surface area contributed by atoms with Gasteiger partial charge in [-0.25, -0.2) is 4.98 Å². The maximum absolute atomic E-state index is 12.5. The standard InChI is InChI=1S/C18H17N5O4S/c19-16(25)13-4-10(6-20-13)14-9-28-18(21-14)22-17(26)11-5-15(24)23(7-11)8-12-2-1-3-27-12/h1-4,6,9,11,20H,5,7-8H2,(H2,19,25)(H,21,22,26). The Labute approximate surface area is 163 Å². The summed E-state index contributed by atoms with van der Waals surface area (Å²) in [4.78, 5) is 44.6. The second-order valence-corrected chi connectivity index (χ2v) is 7.31. The molecule has 10 heteroatoms. The molecule has 4 heterocycles. The number of likely N-dealkylation sites (tertiary alicyclic amines) is 1. The highest BCUT2D eigenvalue weighted by Gasteiger charge is 2.35. The summed E-state index contributed by atoms with van der Waals surface area (Å²) in [7, 11) is 0. The van der Waals surface area contributed by atoms with E-state index >= 15 is 0 Å². The van der Waals surface area contributed by atoms with Gasteiger partial charge in [-0.2, -0.15) is 0 Å². The van der Waals surface area contributed by atoms with Gasteiger partial charge in [0.1, 0.15) is 11.5 Å². The summed E-state index contributed by atoms with van der Waals surface area (Å²) in [6, 6.07) is 5.16. The first-order valence-corrected chi connectivity index (χ1v) is 9.42. The molecule has 0 spiro atoms. The molecule has 144 valence electrons. The Morgan fingerprint density at radius 2 is 2.32 bits per heavy atom. The number of hydrogen-bond donors (Lipinski definition) is 3. The van der Waals surface area contributed by atoms with Gasteiger partial charge >= 0.3 is 0 Å². The largest absolute Gasteiger partial charge is 0.467 e. The Hall–Kier alpha value is -3.40. The van der Waals surface area contributed by atoms with Crippen LogP contribution < -0.4 is 11.1 Å². The van der Waals surface area contributed by atoms with E-state index in [2.05, 4.69) is 15.3 Å². The van der Waals surface area contributed by atoms with Crippen molar-refractivity contribution in [3.63, 3.8) is 0 Å². The minimum atomic E-state index is -0.556. The first-order valence-electron chi connectivity index (χ1n) is 8.54. The van der Waals surface area contributed by atoms with E-state index in [1.807, 2.05) is 0 Å². The second kappa shape index (κ2) is 7.31. The molecule has 3 amide bonds.